The van der Waals surface area contributed by atoms with Crippen molar-refractivity contribution in [3.63, 3.8) is 0 Å². The second-order valence-corrected chi connectivity index (χ2v) is 12.3. The highest BCUT2D eigenvalue weighted by atomic mass is 35.5. The first-order chi connectivity index (χ1) is 20.5. The molecule has 2 aliphatic rings. The molecule has 2 aliphatic heterocycles. The van der Waals surface area contributed by atoms with Crippen LogP contribution in [-0.4, -0.2) is 34.6 Å². The number of nitrogens with zero attached hydrogens (tertiary/aromatic N) is 1. The molecule has 6 rings (SSSR count). The molecule has 0 radical (unpaired) electrons. The van der Waals surface area contributed by atoms with E-state index in [4.69, 9.17) is 16.3 Å². The Hall–Kier alpha value is -4.07. The van der Waals surface area contributed by atoms with Crippen LogP contribution in [0.2, 0.25) is 5.02 Å². The monoisotopic (exact) mass is 645 g/mol. The van der Waals surface area contributed by atoms with Gasteiger partial charge in [-0.1, -0.05) is 65.0 Å². The van der Waals surface area contributed by atoms with Gasteiger partial charge in [-0.2, -0.15) is 13.2 Å². The van der Waals surface area contributed by atoms with E-state index in [1.807, 2.05) is 0 Å². The normalized spacial score (nSPS) is 19.6. The number of carbonyl (C=O) groups is 3. The van der Waals surface area contributed by atoms with E-state index in [-0.39, 0.29) is 5.75 Å². The minimum absolute atomic E-state index is 0.214. The van der Waals surface area contributed by atoms with Crippen molar-refractivity contribution in [2.75, 3.05) is 16.8 Å². The van der Waals surface area contributed by atoms with Crippen LogP contribution in [0.15, 0.2) is 82.6 Å². The van der Waals surface area contributed by atoms with Crippen LogP contribution in [0, 0.1) is 5.92 Å². The van der Waals surface area contributed by atoms with Crippen LogP contribution in [0.3, 0.4) is 0 Å². The molecule has 0 saturated carbocycles. The number of hydrogen-bond donors (Lipinski definition) is 2. The lowest BCUT2D eigenvalue weighted by Crippen LogP contribution is -2.33. The Kier molecular flexibility index (Phi) is 7.57. The molecule has 1 aromatic heterocycles. The number of para-hydroxylation sites is 2. The Morgan fingerprint density at radius 2 is 1.67 bits per heavy atom. The van der Waals surface area contributed by atoms with Crippen LogP contribution in [0.4, 0.5) is 24.5 Å². The number of halogens is 4. The Labute approximate surface area is 254 Å². The molecule has 3 unspecified atom stereocenters. The van der Waals surface area contributed by atoms with Crippen molar-refractivity contribution in [2.45, 2.75) is 22.4 Å². The van der Waals surface area contributed by atoms with Gasteiger partial charge in [0.15, 0.2) is 6.61 Å². The van der Waals surface area contributed by atoms with Gasteiger partial charge in [-0.05, 0) is 42.5 Å². The van der Waals surface area contributed by atoms with E-state index in [1.165, 1.54) is 12.1 Å². The van der Waals surface area contributed by atoms with Crippen molar-refractivity contribution >= 4 is 63.8 Å². The smallest absolute Gasteiger partial charge is 0.418 e. The quantitative estimate of drug-likeness (QED) is 0.252. The number of imide groups is 1. The van der Waals surface area contributed by atoms with E-state index in [9.17, 15) is 32.3 Å². The standard InChI is InChI=1S/C29H19ClF3N3O5S2/c30-14-9-11-15(12-10-14)34-20(37)13-41-19-8-4-1-5-16(19)21-22-24(42-25-23(21)43-28(40)35-25)27(39)36(26(22)38)18-7-3-2-6-17(18)29(31,32)33/h1-12,21-22,24H,13H2,(H,34,37)(H,35,40). The summed E-state index contributed by atoms with van der Waals surface area (Å²) in [7, 11) is 0. The summed E-state index contributed by atoms with van der Waals surface area (Å²) in [4.78, 5) is 56.0. The summed E-state index contributed by atoms with van der Waals surface area (Å²) in [5, 5.41) is 2.42. The molecule has 0 aliphatic carbocycles. The number of anilines is 2. The molecule has 0 bridgehead atoms. The summed E-state index contributed by atoms with van der Waals surface area (Å²) in [6, 6.07) is 17.4. The summed E-state index contributed by atoms with van der Waals surface area (Å²) in [5.74, 6) is -3.98. The number of amides is 3. The van der Waals surface area contributed by atoms with Gasteiger partial charge in [0.1, 0.15) is 11.0 Å². The third-order valence-corrected chi connectivity index (χ3v) is 9.67. The molecular formula is C29H19ClF3N3O5S2. The van der Waals surface area contributed by atoms with Gasteiger partial charge in [0.05, 0.1) is 22.2 Å². The first-order valence-electron chi connectivity index (χ1n) is 12.7. The van der Waals surface area contributed by atoms with E-state index in [0.29, 0.717) is 31.1 Å². The van der Waals surface area contributed by atoms with Crippen molar-refractivity contribution in [2.24, 2.45) is 5.92 Å². The Balaban J connectivity index is 1.36. The molecule has 3 amide bonds. The molecule has 8 nitrogen and oxygen atoms in total. The highest BCUT2D eigenvalue weighted by molar-refractivity contribution is 8.00. The van der Waals surface area contributed by atoms with Crippen LogP contribution < -0.4 is 19.8 Å². The molecule has 1 fully saturated rings. The fraction of sp³-hybridized carbons (Fsp3) is 0.172. The Bertz CT molecular complexity index is 1810. The predicted octanol–water partition coefficient (Wildman–Crippen LogP) is 5.92. The largest absolute Gasteiger partial charge is 0.483 e. The van der Waals surface area contributed by atoms with E-state index in [2.05, 4.69) is 10.3 Å². The number of thiazole rings is 1. The van der Waals surface area contributed by atoms with Gasteiger partial charge in [-0.25, -0.2) is 4.90 Å². The zero-order valence-electron chi connectivity index (χ0n) is 21.7. The number of carbonyl (C=O) groups excluding carboxylic acids is 3. The number of aromatic nitrogens is 1. The molecule has 1 saturated heterocycles. The molecule has 3 aromatic carbocycles. The third kappa shape index (κ3) is 5.43. The van der Waals surface area contributed by atoms with E-state index < -0.39 is 63.7 Å². The number of ether oxygens (including phenoxy) is 1. The van der Waals surface area contributed by atoms with Crippen LogP contribution in [-0.2, 0) is 20.6 Å². The van der Waals surface area contributed by atoms with Crippen LogP contribution in [0.5, 0.6) is 5.75 Å². The number of rotatable bonds is 6. The van der Waals surface area contributed by atoms with Crippen molar-refractivity contribution in [1.29, 1.82) is 0 Å². The maximum atomic E-state index is 14.0. The van der Waals surface area contributed by atoms with E-state index in [1.54, 1.807) is 48.5 Å². The second kappa shape index (κ2) is 11.2. The van der Waals surface area contributed by atoms with Gasteiger partial charge in [-0.15, -0.1) is 0 Å². The minimum Gasteiger partial charge on any atom is -0.483 e. The summed E-state index contributed by atoms with van der Waals surface area (Å²) >= 11 is 7.68. The number of fused-ring (bicyclic) bond motifs is 2. The molecule has 3 atom stereocenters. The average Bonchev–Trinajstić information content (AvgIpc) is 3.47. The Morgan fingerprint density at radius 1 is 0.977 bits per heavy atom. The average molecular weight is 646 g/mol. The predicted molar refractivity (Wildman–Crippen MR) is 156 cm³/mol. The van der Waals surface area contributed by atoms with Gasteiger partial charge in [-0.3, -0.25) is 19.2 Å². The first-order valence-corrected chi connectivity index (χ1v) is 14.8. The molecular weight excluding hydrogens is 627 g/mol. The third-order valence-electron chi connectivity index (χ3n) is 7.02. The molecule has 220 valence electrons. The van der Waals surface area contributed by atoms with Gasteiger partial charge >= 0.3 is 11.0 Å². The SMILES string of the molecule is O=C(COc1ccccc1C1c2sc(=O)[nH]c2SC2C(=O)N(c3ccccc3C(F)(F)F)C(=O)C21)Nc1ccc(Cl)cc1. The fourth-order valence-electron chi connectivity index (χ4n) is 5.24. The number of aromatic amines is 1. The van der Waals surface area contributed by atoms with Crippen LogP contribution in [0.1, 0.15) is 21.9 Å². The van der Waals surface area contributed by atoms with E-state index >= 15 is 0 Å². The summed E-state index contributed by atoms with van der Waals surface area (Å²) < 4.78 is 47.5. The lowest BCUT2D eigenvalue weighted by Gasteiger charge is -2.30. The number of alkyl halides is 3. The molecule has 43 heavy (non-hydrogen) atoms. The van der Waals surface area contributed by atoms with Crippen molar-refractivity contribution in [1.82, 2.24) is 4.98 Å². The Morgan fingerprint density at radius 3 is 2.42 bits per heavy atom. The zero-order chi connectivity index (χ0) is 30.5. The van der Waals surface area contributed by atoms with Crippen molar-refractivity contribution in [3.8, 4) is 5.75 Å². The fourth-order valence-corrected chi connectivity index (χ4v) is 7.87. The van der Waals surface area contributed by atoms with Crippen LogP contribution in [0.25, 0.3) is 0 Å². The van der Waals surface area contributed by atoms with Gasteiger partial charge in [0.25, 0.3) is 5.91 Å². The van der Waals surface area contributed by atoms with Gasteiger partial charge in [0, 0.05) is 27.1 Å². The lowest BCUT2D eigenvalue weighted by molar-refractivity contribution is -0.137. The highest BCUT2D eigenvalue weighted by Crippen LogP contribution is 2.55. The van der Waals surface area contributed by atoms with E-state index in [0.717, 1.165) is 35.2 Å². The highest BCUT2D eigenvalue weighted by Gasteiger charge is 2.57. The number of H-pyrrole nitrogens is 1. The molecule has 2 N–H and O–H groups in total. The summed E-state index contributed by atoms with van der Waals surface area (Å²) in [6.45, 7) is -0.413. The summed E-state index contributed by atoms with van der Waals surface area (Å²) in [6.07, 6.45) is -4.81. The topological polar surface area (TPSA) is 109 Å². The minimum atomic E-state index is -4.81. The molecule has 0 spiro atoms. The molecule has 4 aromatic rings. The number of nitrogens with one attached hydrogen (secondary N) is 2. The first kappa shape index (κ1) is 29.0. The molecule has 3 heterocycles. The zero-order valence-corrected chi connectivity index (χ0v) is 24.1. The number of thioether (sulfide) groups is 1. The maximum absolute atomic E-state index is 14.0. The number of benzene rings is 3. The van der Waals surface area contributed by atoms with Crippen molar-refractivity contribution in [3.05, 3.63) is 103 Å². The lowest BCUT2D eigenvalue weighted by atomic mass is 9.82. The van der Waals surface area contributed by atoms with Gasteiger partial charge in [0.2, 0.25) is 11.8 Å². The van der Waals surface area contributed by atoms with Crippen molar-refractivity contribution < 1.29 is 32.3 Å². The number of hydrogen-bond acceptors (Lipinski definition) is 7. The van der Waals surface area contributed by atoms with Gasteiger partial charge < -0.3 is 15.0 Å². The molecule has 14 heteroatoms. The summed E-state index contributed by atoms with van der Waals surface area (Å²) in [5.41, 5.74) is -0.773. The maximum Gasteiger partial charge on any atom is 0.418 e. The van der Waals surface area contributed by atoms with Crippen LogP contribution >= 0.6 is 34.7 Å². The second-order valence-electron chi connectivity index (χ2n) is 9.66.